The molecule has 8 nitrogen and oxygen atoms in total. The summed E-state index contributed by atoms with van der Waals surface area (Å²) in [6, 6.07) is 9.26. The van der Waals surface area contributed by atoms with Gasteiger partial charge in [0, 0.05) is 11.3 Å². The number of carbonyl (C=O) groups is 1. The number of benzene rings is 2. The van der Waals surface area contributed by atoms with Gasteiger partial charge in [-0.15, -0.1) is 0 Å². The molecule has 4 N–H and O–H groups in total. The zero-order chi connectivity index (χ0) is 18.6. The Balaban J connectivity index is 2.27. The minimum absolute atomic E-state index is 0.220. The number of hydrogen-bond acceptors (Lipinski definition) is 6. The van der Waals surface area contributed by atoms with Gasteiger partial charge in [-0.05, 0) is 36.4 Å². The van der Waals surface area contributed by atoms with Gasteiger partial charge in [-0.25, -0.2) is 8.42 Å². The van der Waals surface area contributed by atoms with Crippen molar-refractivity contribution < 1.29 is 22.7 Å². The summed E-state index contributed by atoms with van der Waals surface area (Å²) in [6.07, 6.45) is 1.03. The summed E-state index contributed by atoms with van der Waals surface area (Å²) in [5.41, 5.74) is 7.11. The molecule has 0 aliphatic carbocycles. The molecule has 1 amide bonds. The number of anilines is 3. The lowest BCUT2D eigenvalue weighted by Gasteiger charge is -2.13. The first kappa shape index (κ1) is 18.4. The van der Waals surface area contributed by atoms with Gasteiger partial charge in [-0.2, -0.15) is 0 Å². The van der Waals surface area contributed by atoms with E-state index in [1.54, 1.807) is 24.3 Å². The first-order valence-electron chi connectivity index (χ1n) is 7.14. The van der Waals surface area contributed by atoms with Crippen LogP contribution in [0.15, 0.2) is 36.4 Å². The largest absolute Gasteiger partial charge is 0.495 e. The molecule has 0 aliphatic heterocycles. The van der Waals surface area contributed by atoms with Crippen LogP contribution in [0.1, 0.15) is 10.4 Å². The summed E-state index contributed by atoms with van der Waals surface area (Å²) in [6.45, 7) is 0. The molecule has 2 aromatic rings. The summed E-state index contributed by atoms with van der Waals surface area (Å²) in [4.78, 5) is 12.4. The molecule has 9 heteroatoms. The topological polar surface area (TPSA) is 120 Å². The number of hydrogen-bond donors (Lipinski definition) is 3. The van der Waals surface area contributed by atoms with Crippen LogP contribution in [0.4, 0.5) is 17.1 Å². The van der Waals surface area contributed by atoms with E-state index in [-0.39, 0.29) is 5.69 Å². The second-order valence-corrected chi connectivity index (χ2v) is 6.95. The normalized spacial score (nSPS) is 10.8. The minimum Gasteiger partial charge on any atom is -0.495 e. The van der Waals surface area contributed by atoms with Gasteiger partial charge in [0.25, 0.3) is 5.91 Å². The third-order valence-electron chi connectivity index (χ3n) is 3.25. The SMILES string of the molecule is COc1cc(C(=O)Nc2ccc(OC)c(NS(C)(=O)=O)c2)ccc1N. The zero-order valence-corrected chi connectivity index (χ0v) is 14.8. The maximum absolute atomic E-state index is 12.4. The van der Waals surface area contributed by atoms with E-state index >= 15 is 0 Å². The van der Waals surface area contributed by atoms with E-state index in [1.807, 2.05) is 0 Å². The number of nitrogens with one attached hydrogen (secondary N) is 2. The number of nitrogen functional groups attached to an aromatic ring is 1. The Labute approximate surface area is 146 Å². The van der Waals surface area contributed by atoms with Gasteiger partial charge >= 0.3 is 0 Å². The Bertz CT molecular complexity index is 897. The van der Waals surface area contributed by atoms with Crippen molar-refractivity contribution in [1.82, 2.24) is 0 Å². The van der Waals surface area contributed by atoms with Crippen LogP contribution >= 0.6 is 0 Å². The molecule has 0 radical (unpaired) electrons. The minimum atomic E-state index is -3.49. The molecular formula is C16H19N3O5S. The Morgan fingerprint density at radius 2 is 1.72 bits per heavy atom. The van der Waals surface area contributed by atoms with Crippen LogP contribution in [0.5, 0.6) is 11.5 Å². The highest BCUT2D eigenvalue weighted by Crippen LogP contribution is 2.29. The standard InChI is InChI=1S/C16H19N3O5S/c1-23-14-7-5-11(9-13(14)19-25(3,21)22)18-16(20)10-4-6-12(17)15(8-10)24-2/h4-9,19H,17H2,1-3H3,(H,18,20). The number of nitrogens with two attached hydrogens (primary N) is 1. The highest BCUT2D eigenvalue weighted by Gasteiger charge is 2.13. The molecule has 0 bridgehead atoms. The molecule has 0 heterocycles. The van der Waals surface area contributed by atoms with Crippen LogP contribution in [-0.4, -0.2) is 34.8 Å². The highest BCUT2D eigenvalue weighted by atomic mass is 32.2. The maximum Gasteiger partial charge on any atom is 0.255 e. The fourth-order valence-electron chi connectivity index (χ4n) is 2.12. The molecule has 0 spiro atoms. The molecule has 0 aromatic heterocycles. The third kappa shape index (κ3) is 4.77. The highest BCUT2D eigenvalue weighted by molar-refractivity contribution is 7.92. The Kier molecular flexibility index (Phi) is 5.38. The van der Waals surface area contributed by atoms with E-state index in [2.05, 4.69) is 10.0 Å². The predicted octanol–water partition coefficient (Wildman–Crippen LogP) is 1.91. The second-order valence-electron chi connectivity index (χ2n) is 5.20. The number of methoxy groups -OCH3 is 2. The molecule has 0 atom stereocenters. The van der Waals surface area contributed by atoms with Crippen LogP contribution in [-0.2, 0) is 10.0 Å². The second kappa shape index (κ2) is 7.31. The van der Waals surface area contributed by atoms with Crippen molar-refractivity contribution in [3.8, 4) is 11.5 Å². The molecule has 2 rings (SSSR count). The molecule has 0 saturated carbocycles. The van der Waals surface area contributed by atoms with Crippen LogP contribution in [0.2, 0.25) is 0 Å². The average molecular weight is 365 g/mol. The van der Waals surface area contributed by atoms with Gasteiger partial charge in [-0.3, -0.25) is 9.52 Å². The fourth-order valence-corrected chi connectivity index (χ4v) is 2.68. The predicted molar refractivity (Wildman–Crippen MR) is 96.8 cm³/mol. The van der Waals surface area contributed by atoms with Gasteiger partial charge < -0.3 is 20.5 Å². The lowest BCUT2D eigenvalue weighted by Crippen LogP contribution is -2.14. The monoisotopic (exact) mass is 365 g/mol. The van der Waals surface area contributed by atoms with Crippen LogP contribution < -0.4 is 25.2 Å². The van der Waals surface area contributed by atoms with Crippen molar-refractivity contribution in [3.05, 3.63) is 42.0 Å². The van der Waals surface area contributed by atoms with E-state index in [1.165, 1.54) is 26.4 Å². The van der Waals surface area contributed by atoms with Crippen molar-refractivity contribution in [2.45, 2.75) is 0 Å². The van der Waals surface area contributed by atoms with Crippen LogP contribution in [0, 0.1) is 0 Å². The van der Waals surface area contributed by atoms with Crippen molar-refractivity contribution in [3.63, 3.8) is 0 Å². The number of sulfonamides is 1. The van der Waals surface area contributed by atoms with Gasteiger partial charge in [-0.1, -0.05) is 0 Å². The summed E-state index contributed by atoms with van der Waals surface area (Å²) >= 11 is 0. The first-order chi connectivity index (χ1) is 11.7. The molecule has 2 aromatic carbocycles. The lowest BCUT2D eigenvalue weighted by atomic mass is 10.1. The fraction of sp³-hybridized carbons (Fsp3) is 0.188. The molecule has 25 heavy (non-hydrogen) atoms. The summed E-state index contributed by atoms with van der Waals surface area (Å²) in [7, 11) is -0.617. The van der Waals surface area contributed by atoms with Crippen LogP contribution in [0.25, 0.3) is 0 Å². The Morgan fingerprint density at radius 1 is 1.04 bits per heavy atom. The molecular weight excluding hydrogens is 346 g/mol. The van der Waals surface area contributed by atoms with Crippen molar-refractivity contribution in [2.75, 3.05) is 36.2 Å². The molecule has 0 saturated heterocycles. The molecule has 0 fully saturated rings. The first-order valence-corrected chi connectivity index (χ1v) is 9.03. The molecule has 0 unspecified atom stereocenters. The lowest BCUT2D eigenvalue weighted by molar-refractivity contribution is 0.102. The summed E-state index contributed by atoms with van der Waals surface area (Å²) in [5.74, 6) is 0.327. The van der Waals surface area contributed by atoms with Gasteiger partial charge in [0.05, 0.1) is 31.9 Å². The van der Waals surface area contributed by atoms with Crippen molar-refractivity contribution >= 4 is 33.0 Å². The van der Waals surface area contributed by atoms with E-state index in [0.29, 0.717) is 28.4 Å². The van der Waals surface area contributed by atoms with Gasteiger partial charge in [0.1, 0.15) is 11.5 Å². The molecule has 0 aliphatic rings. The van der Waals surface area contributed by atoms with Crippen molar-refractivity contribution in [1.29, 1.82) is 0 Å². The third-order valence-corrected chi connectivity index (χ3v) is 3.84. The van der Waals surface area contributed by atoms with Gasteiger partial charge in [0.2, 0.25) is 10.0 Å². The Morgan fingerprint density at radius 3 is 2.32 bits per heavy atom. The number of rotatable bonds is 6. The van der Waals surface area contributed by atoms with E-state index in [0.717, 1.165) is 6.26 Å². The van der Waals surface area contributed by atoms with Gasteiger partial charge in [0.15, 0.2) is 0 Å². The number of amides is 1. The number of ether oxygens (including phenoxy) is 2. The zero-order valence-electron chi connectivity index (χ0n) is 14.0. The van der Waals surface area contributed by atoms with E-state index in [9.17, 15) is 13.2 Å². The van der Waals surface area contributed by atoms with Crippen molar-refractivity contribution in [2.24, 2.45) is 0 Å². The van der Waals surface area contributed by atoms with E-state index < -0.39 is 15.9 Å². The quantitative estimate of drug-likeness (QED) is 0.673. The Hall–Kier alpha value is -2.94. The summed E-state index contributed by atoms with van der Waals surface area (Å²) < 4.78 is 35.4. The van der Waals surface area contributed by atoms with Crippen LogP contribution in [0.3, 0.4) is 0 Å². The average Bonchev–Trinajstić information content (AvgIpc) is 2.54. The van der Waals surface area contributed by atoms with E-state index in [4.69, 9.17) is 15.2 Å². The summed E-state index contributed by atoms with van der Waals surface area (Å²) in [5, 5.41) is 2.68. The maximum atomic E-state index is 12.4. The molecule has 134 valence electrons. The smallest absolute Gasteiger partial charge is 0.255 e. The number of carbonyl (C=O) groups excluding carboxylic acids is 1.